The lowest BCUT2D eigenvalue weighted by molar-refractivity contribution is -0.205. The third kappa shape index (κ3) is 5.59. The number of rotatable bonds is 5. The van der Waals surface area contributed by atoms with Crippen molar-refractivity contribution in [3.05, 3.63) is 12.2 Å². The van der Waals surface area contributed by atoms with Crippen LogP contribution >= 0.6 is 0 Å². The standard InChI is InChI=1S/C34H56N2O4/c1-37-31-13-4-25-2-3-26-14-15-34(40-33(26)32(25)24-31,27-5-9-29(10-6-27)35-16-20-38-21-17-35)28-7-11-30(12-8-28)36-18-22-39-23-19-36/h14-15,25-33H,2-13,16-24H2,1H3. The van der Waals surface area contributed by atoms with Gasteiger partial charge >= 0.3 is 0 Å². The first kappa shape index (κ1) is 28.3. The Kier molecular flexibility index (Phi) is 8.92. The summed E-state index contributed by atoms with van der Waals surface area (Å²) in [6.45, 7) is 8.14. The second-order valence-corrected chi connectivity index (χ2v) is 14.4. The highest BCUT2D eigenvalue weighted by molar-refractivity contribution is 5.18. The van der Waals surface area contributed by atoms with E-state index < -0.39 is 0 Å². The molecule has 7 rings (SSSR count). The molecule has 0 amide bonds. The summed E-state index contributed by atoms with van der Waals surface area (Å²) in [4.78, 5) is 5.46. The maximum atomic E-state index is 7.77. The van der Waals surface area contributed by atoms with Gasteiger partial charge in [0.25, 0.3) is 0 Å². The number of hydrogen-bond donors (Lipinski definition) is 0. The van der Waals surface area contributed by atoms with Crippen LogP contribution in [-0.2, 0) is 18.9 Å². The Balaban J connectivity index is 1.11. The highest BCUT2D eigenvalue weighted by Gasteiger charge is 2.54. The maximum absolute atomic E-state index is 7.77. The topological polar surface area (TPSA) is 43.4 Å². The van der Waals surface area contributed by atoms with E-state index in [-0.39, 0.29) is 5.60 Å². The van der Waals surface area contributed by atoms with Gasteiger partial charge in [0.2, 0.25) is 0 Å². The Morgan fingerprint density at radius 1 is 0.675 bits per heavy atom. The molecular formula is C34H56N2O4. The summed E-state index contributed by atoms with van der Waals surface area (Å²) >= 11 is 0. The molecule has 0 radical (unpaired) electrons. The van der Waals surface area contributed by atoms with Gasteiger partial charge in [0.05, 0.1) is 44.2 Å². The van der Waals surface area contributed by atoms with Crippen LogP contribution < -0.4 is 0 Å². The van der Waals surface area contributed by atoms with Gasteiger partial charge in [-0.2, -0.15) is 0 Å². The molecule has 3 aliphatic heterocycles. The molecule has 4 aliphatic carbocycles. The number of fused-ring (bicyclic) bond motifs is 3. The van der Waals surface area contributed by atoms with Gasteiger partial charge in [-0.15, -0.1) is 0 Å². The van der Waals surface area contributed by atoms with Crippen molar-refractivity contribution in [1.29, 1.82) is 0 Å². The van der Waals surface area contributed by atoms with E-state index in [2.05, 4.69) is 22.0 Å². The zero-order chi connectivity index (χ0) is 26.9. The average Bonchev–Trinajstić information content (AvgIpc) is 3.05. The number of morpholine rings is 2. The van der Waals surface area contributed by atoms with Crippen molar-refractivity contribution in [2.75, 3.05) is 59.7 Å². The van der Waals surface area contributed by atoms with Crippen molar-refractivity contribution in [2.24, 2.45) is 29.6 Å². The normalized spacial score (nSPS) is 47.4. The van der Waals surface area contributed by atoms with Gasteiger partial charge in [-0.05, 0) is 107 Å². The van der Waals surface area contributed by atoms with Crippen molar-refractivity contribution in [3.63, 3.8) is 0 Å². The summed E-state index contributed by atoms with van der Waals surface area (Å²) in [5.74, 6) is 3.45. The molecule has 0 aromatic rings. The van der Waals surface area contributed by atoms with E-state index in [1.807, 2.05) is 7.11 Å². The molecule has 0 bridgehead atoms. The molecule has 7 aliphatic rings. The fraction of sp³-hybridized carbons (Fsp3) is 0.941. The molecule has 6 nitrogen and oxygen atoms in total. The van der Waals surface area contributed by atoms with Gasteiger partial charge in [0.15, 0.2) is 0 Å². The Morgan fingerprint density at radius 2 is 1.23 bits per heavy atom. The average molecular weight is 557 g/mol. The van der Waals surface area contributed by atoms with Gasteiger partial charge < -0.3 is 18.9 Å². The van der Waals surface area contributed by atoms with E-state index in [0.717, 1.165) is 70.6 Å². The Labute approximate surface area is 243 Å². The summed E-state index contributed by atoms with van der Waals surface area (Å²) in [5, 5.41) is 0. The molecule has 0 aromatic carbocycles. The summed E-state index contributed by atoms with van der Waals surface area (Å²) in [6.07, 6.45) is 23.3. The first-order valence-corrected chi connectivity index (χ1v) is 17.3. The summed E-state index contributed by atoms with van der Waals surface area (Å²) in [7, 11) is 1.93. The van der Waals surface area contributed by atoms with Crippen molar-refractivity contribution in [1.82, 2.24) is 9.80 Å². The molecule has 2 saturated heterocycles. The molecule has 40 heavy (non-hydrogen) atoms. The third-order valence-corrected chi connectivity index (χ3v) is 12.8. The molecule has 226 valence electrons. The highest BCUT2D eigenvalue weighted by atomic mass is 16.5. The van der Waals surface area contributed by atoms with E-state index in [4.69, 9.17) is 18.9 Å². The zero-order valence-electron chi connectivity index (χ0n) is 25.2. The van der Waals surface area contributed by atoms with Crippen LogP contribution in [-0.4, -0.2) is 99.4 Å². The second kappa shape index (κ2) is 12.6. The number of hydrogen-bond acceptors (Lipinski definition) is 6. The van der Waals surface area contributed by atoms with E-state index >= 15 is 0 Å². The van der Waals surface area contributed by atoms with Gasteiger partial charge in [0.1, 0.15) is 0 Å². The number of nitrogens with zero attached hydrogens (tertiary/aromatic N) is 2. The fourth-order valence-electron chi connectivity index (χ4n) is 10.5. The summed E-state index contributed by atoms with van der Waals surface area (Å²) in [5.41, 5.74) is -0.0605. The van der Waals surface area contributed by atoms with Crippen molar-refractivity contribution in [3.8, 4) is 0 Å². The summed E-state index contributed by atoms with van der Waals surface area (Å²) in [6, 6.07) is 1.49. The highest BCUT2D eigenvalue weighted by Crippen LogP contribution is 2.54. The van der Waals surface area contributed by atoms with E-state index in [0.29, 0.717) is 35.9 Å². The molecule has 0 aromatic heterocycles. The smallest absolute Gasteiger partial charge is 0.0922 e. The van der Waals surface area contributed by atoms with Gasteiger partial charge in [-0.1, -0.05) is 12.2 Å². The molecule has 3 heterocycles. The minimum absolute atomic E-state index is 0.0605. The van der Waals surface area contributed by atoms with E-state index in [1.54, 1.807) is 0 Å². The Hall–Kier alpha value is -0.500. The van der Waals surface area contributed by atoms with Crippen LogP contribution in [0.2, 0.25) is 0 Å². The fourth-order valence-corrected chi connectivity index (χ4v) is 10.5. The van der Waals surface area contributed by atoms with Crippen LogP contribution in [0, 0.1) is 29.6 Å². The van der Waals surface area contributed by atoms with Crippen LogP contribution in [0.1, 0.15) is 83.5 Å². The lowest BCUT2D eigenvalue weighted by Gasteiger charge is -2.57. The molecule has 0 N–H and O–H groups in total. The minimum Gasteiger partial charge on any atom is -0.381 e. The van der Waals surface area contributed by atoms with E-state index in [9.17, 15) is 0 Å². The molecule has 6 heteroatoms. The van der Waals surface area contributed by atoms with Crippen LogP contribution in [0.25, 0.3) is 0 Å². The van der Waals surface area contributed by atoms with Crippen molar-refractivity contribution in [2.45, 2.75) is 113 Å². The maximum Gasteiger partial charge on any atom is 0.0922 e. The number of ether oxygens (including phenoxy) is 4. The van der Waals surface area contributed by atoms with Gasteiger partial charge in [0, 0.05) is 51.3 Å². The van der Waals surface area contributed by atoms with Crippen molar-refractivity contribution >= 4 is 0 Å². The van der Waals surface area contributed by atoms with Crippen LogP contribution in [0.4, 0.5) is 0 Å². The van der Waals surface area contributed by atoms with Crippen LogP contribution in [0.15, 0.2) is 12.2 Å². The molecule has 0 spiro atoms. The lowest BCUT2D eigenvalue weighted by Crippen LogP contribution is -2.58. The zero-order valence-corrected chi connectivity index (χ0v) is 25.2. The Bertz CT molecular complexity index is 801. The van der Waals surface area contributed by atoms with Crippen molar-refractivity contribution < 1.29 is 18.9 Å². The molecular weight excluding hydrogens is 500 g/mol. The van der Waals surface area contributed by atoms with Crippen LogP contribution in [0.3, 0.4) is 0 Å². The quantitative estimate of drug-likeness (QED) is 0.428. The second-order valence-electron chi connectivity index (χ2n) is 14.4. The molecule has 5 atom stereocenters. The monoisotopic (exact) mass is 556 g/mol. The first-order chi connectivity index (χ1) is 19.7. The number of methoxy groups -OCH3 is 1. The Morgan fingerprint density at radius 3 is 1.77 bits per heavy atom. The molecule has 4 saturated carbocycles. The predicted molar refractivity (Wildman–Crippen MR) is 157 cm³/mol. The van der Waals surface area contributed by atoms with Crippen LogP contribution in [0.5, 0.6) is 0 Å². The van der Waals surface area contributed by atoms with Gasteiger partial charge in [-0.3, -0.25) is 9.80 Å². The van der Waals surface area contributed by atoms with E-state index in [1.165, 1.54) is 83.5 Å². The minimum atomic E-state index is -0.0605. The molecule has 5 unspecified atom stereocenters. The van der Waals surface area contributed by atoms with Gasteiger partial charge in [-0.25, -0.2) is 0 Å². The first-order valence-electron chi connectivity index (χ1n) is 17.3. The summed E-state index contributed by atoms with van der Waals surface area (Å²) < 4.78 is 25.1. The SMILES string of the molecule is COC1CCC2CCC3C=CC(C4CCC(N5CCOCC5)CC4)(C4CCC(N5CCOCC5)CC4)OC3C2C1. The lowest BCUT2D eigenvalue weighted by atomic mass is 9.60. The largest absolute Gasteiger partial charge is 0.381 e. The third-order valence-electron chi connectivity index (χ3n) is 12.8. The molecule has 6 fully saturated rings. The predicted octanol–water partition coefficient (Wildman–Crippen LogP) is 5.30.